The molecule has 0 radical (unpaired) electrons. The fourth-order valence-corrected chi connectivity index (χ4v) is 3.57. The van der Waals surface area contributed by atoms with E-state index in [1.54, 1.807) is 36.0 Å². The number of aldehydes is 1. The van der Waals surface area contributed by atoms with E-state index in [0.717, 1.165) is 35.1 Å². The van der Waals surface area contributed by atoms with E-state index in [2.05, 4.69) is 32.4 Å². The molecule has 4 aromatic rings. The predicted octanol–water partition coefficient (Wildman–Crippen LogP) is 4.20. The summed E-state index contributed by atoms with van der Waals surface area (Å²) >= 11 is 0. The van der Waals surface area contributed by atoms with Gasteiger partial charge in [-0.05, 0) is 56.1 Å². The van der Waals surface area contributed by atoms with E-state index in [9.17, 15) is 9.59 Å². The van der Waals surface area contributed by atoms with Gasteiger partial charge in [0.2, 0.25) is 5.78 Å². The van der Waals surface area contributed by atoms with Crippen LogP contribution in [-0.2, 0) is 0 Å². The maximum atomic E-state index is 13.2. The van der Waals surface area contributed by atoms with Gasteiger partial charge in [0.1, 0.15) is 12.1 Å². The molecule has 0 saturated heterocycles. The lowest BCUT2D eigenvalue weighted by molar-refractivity contribution is 0.103. The molecular weight excluding hydrogens is 392 g/mol. The summed E-state index contributed by atoms with van der Waals surface area (Å²) in [6, 6.07) is 12.6. The van der Waals surface area contributed by atoms with Gasteiger partial charge >= 0.3 is 0 Å². The molecule has 8 nitrogen and oxygen atoms in total. The van der Waals surface area contributed by atoms with E-state index in [4.69, 9.17) is 0 Å². The Bertz CT molecular complexity index is 1300. The lowest BCUT2D eigenvalue weighted by atomic mass is 10.1. The van der Waals surface area contributed by atoms with Gasteiger partial charge in [-0.2, -0.15) is 5.10 Å². The highest BCUT2D eigenvalue weighted by Gasteiger charge is 2.21. The van der Waals surface area contributed by atoms with Crippen molar-refractivity contribution in [2.24, 2.45) is 4.99 Å². The van der Waals surface area contributed by atoms with Crippen molar-refractivity contribution in [2.75, 3.05) is 24.2 Å². The van der Waals surface area contributed by atoms with E-state index in [0.29, 0.717) is 28.3 Å². The summed E-state index contributed by atoms with van der Waals surface area (Å²) in [6.07, 6.45) is 2.32. The zero-order chi connectivity index (χ0) is 22.0. The Morgan fingerprint density at radius 1 is 1.26 bits per heavy atom. The number of nitrogens with zero attached hydrogens (tertiary/aromatic N) is 3. The summed E-state index contributed by atoms with van der Waals surface area (Å²) in [5.41, 5.74) is 4.52. The highest BCUT2D eigenvalue weighted by atomic mass is 16.1. The first-order valence-electron chi connectivity index (χ1n) is 9.83. The molecule has 2 heterocycles. The number of aromatic amines is 1. The Kier molecular flexibility index (Phi) is 5.36. The molecule has 0 bridgehead atoms. The monoisotopic (exact) mass is 414 g/mol. The molecule has 0 spiro atoms. The summed E-state index contributed by atoms with van der Waals surface area (Å²) in [5, 5.41) is 11.5. The summed E-state index contributed by atoms with van der Waals surface area (Å²) in [5.74, 6) is 0.356. The molecule has 0 aliphatic rings. The van der Waals surface area contributed by atoms with Crippen LogP contribution in [0.2, 0.25) is 0 Å². The van der Waals surface area contributed by atoms with Crippen LogP contribution >= 0.6 is 0 Å². The fourth-order valence-electron chi connectivity index (χ4n) is 3.57. The topological polar surface area (TPSA) is 104 Å². The first-order chi connectivity index (χ1) is 15.1. The second-order valence-electron chi connectivity index (χ2n) is 6.94. The van der Waals surface area contributed by atoms with Crippen LogP contribution in [0, 0.1) is 0 Å². The molecule has 0 aliphatic heterocycles. The number of rotatable bonds is 8. The van der Waals surface area contributed by atoms with Crippen LogP contribution in [0.25, 0.3) is 16.6 Å². The number of H-pyrrole nitrogens is 1. The number of hydrogen-bond acceptors (Lipinski definition) is 6. The van der Waals surface area contributed by atoms with Gasteiger partial charge in [-0.25, -0.2) is 4.68 Å². The number of aliphatic imine (C=N–C) groups is 1. The molecule has 0 saturated carbocycles. The van der Waals surface area contributed by atoms with Gasteiger partial charge in [0.05, 0.1) is 34.5 Å². The number of aromatic nitrogens is 3. The normalized spacial score (nSPS) is 10.8. The lowest BCUT2D eigenvalue weighted by Crippen LogP contribution is -2.08. The van der Waals surface area contributed by atoms with Crippen LogP contribution < -0.4 is 10.6 Å². The number of nitrogens with one attached hydrogen (secondary N) is 3. The van der Waals surface area contributed by atoms with Crippen molar-refractivity contribution in [3.05, 3.63) is 65.5 Å². The molecule has 156 valence electrons. The minimum Gasteiger partial charge on any atom is -0.384 e. The smallest absolute Gasteiger partial charge is 0.214 e. The lowest BCUT2D eigenvalue weighted by Gasteiger charge is -2.12. The number of benzene rings is 2. The Balaban J connectivity index is 1.74. The van der Waals surface area contributed by atoms with Crippen molar-refractivity contribution in [1.29, 1.82) is 0 Å². The molecule has 3 N–H and O–H groups in total. The molecule has 4 rings (SSSR count). The number of hydrogen-bond donors (Lipinski definition) is 3. The molecule has 0 amide bonds. The summed E-state index contributed by atoms with van der Waals surface area (Å²) < 4.78 is 1.66. The van der Waals surface area contributed by atoms with Gasteiger partial charge in [-0.15, -0.1) is 0 Å². The van der Waals surface area contributed by atoms with Gasteiger partial charge in [0, 0.05) is 30.1 Å². The average molecular weight is 414 g/mol. The highest BCUT2D eigenvalue weighted by Crippen LogP contribution is 2.30. The zero-order valence-corrected chi connectivity index (χ0v) is 17.3. The van der Waals surface area contributed by atoms with Gasteiger partial charge in [0.15, 0.2) is 0 Å². The van der Waals surface area contributed by atoms with Gasteiger partial charge < -0.3 is 15.6 Å². The number of carbonyl (C=O) groups is 2. The van der Waals surface area contributed by atoms with E-state index >= 15 is 0 Å². The summed E-state index contributed by atoms with van der Waals surface area (Å²) in [6.45, 7) is 6.42. The van der Waals surface area contributed by atoms with E-state index in [1.165, 1.54) is 6.20 Å². The molecular formula is C23H22N6O2. The minimum atomic E-state index is -0.203. The maximum absolute atomic E-state index is 13.2. The van der Waals surface area contributed by atoms with E-state index in [1.807, 2.05) is 25.1 Å². The first-order valence-corrected chi connectivity index (χ1v) is 9.83. The van der Waals surface area contributed by atoms with Crippen molar-refractivity contribution in [3.63, 3.8) is 0 Å². The third kappa shape index (κ3) is 3.59. The third-order valence-corrected chi connectivity index (χ3v) is 5.04. The van der Waals surface area contributed by atoms with Crippen molar-refractivity contribution in [1.82, 2.24) is 14.8 Å². The molecule has 2 aromatic carbocycles. The van der Waals surface area contributed by atoms with Gasteiger partial charge in [-0.1, -0.05) is 0 Å². The molecule has 0 atom stereocenters. The zero-order valence-electron chi connectivity index (χ0n) is 17.3. The first kappa shape index (κ1) is 20.1. The van der Waals surface area contributed by atoms with Crippen LogP contribution in [0.3, 0.4) is 0 Å². The van der Waals surface area contributed by atoms with E-state index < -0.39 is 0 Å². The van der Waals surface area contributed by atoms with Gasteiger partial charge in [0.25, 0.3) is 0 Å². The Labute approximate surface area is 179 Å². The molecule has 0 unspecified atom stereocenters. The van der Waals surface area contributed by atoms with Crippen LogP contribution in [0.1, 0.15) is 33.3 Å². The number of ketones is 1. The van der Waals surface area contributed by atoms with Crippen molar-refractivity contribution in [2.45, 2.75) is 6.92 Å². The molecule has 31 heavy (non-hydrogen) atoms. The minimum absolute atomic E-state index is 0.203. The Morgan fingerprint density at radius 2 is 2.10 bits per heavy atom. The molecule has 8 heteroatoms. The molecule has 0 aliphatic carbocycles. The van der Waals surface area contributed by atoms with Crippen molar-refractivity contribution in [3.8, 4) is 5.69 Å². The third-order valence-electron chi connectivity index (χ3n) is 5.04. The number of fused-ring (bicyclic) bond motifs is 1. The quantitative estimate of drug-likeness (QED) is 0.228. The SMILES string of the molecule is C=Nc1cc(-n2ncc(C(=O)c3cc4cc(C=O)ccc4[nH]3)c2NC)ccc1NCC. The maximum Gasteiger partial charge on any atom is 0.214 e. The van der Waals surface area contributed by atoms with Crippen LogP contribution in [-0.4, -0.2) is 47.1 Å². The Morgan fingerprint density at radius 3 is 2.81 bits per heavy atom. The second-order valence-corrected chi connectivity index (χ2v) is 6.94. The van der Waals surface area contributed by atoms with Crippen LogP contribution in [0.5, 0.6) is 0 Å². The van der Waals surface area contributed by atoms with Gasteiger partial charge in [-0.3, -0.25) is 14.6 Å². The highest BCUT2D eigenvalue weighted by molar-refractivity contribution is 6.13. The summed E-state index contributed by atoms with van der Waals surface area (Å²) in [7, 11) is 1.74. The van der Waals surface area contributed by atoms with Crippen LogP contribution in [0.4, 0.5) is 17.2 Å². The summed E-state index contributed by atoms with van der Waals surface area (Å²) in [4.78, 5) is 31.5. The number of carbonyl (C=O) groups excluding carboxylic acids is 2. The van der Waals surface area contributed by atoms with Crippen molar-refractivity contribution >= 4 is 46.9 Å². The standard InChI is InChI=1S/C23H22N6O2/c1-4-26-19-8-6-16(11-20(19)24-2)29-23(25-3)17(12-27-29)22(31)21-10-15-9-14(13-30)5-7-18(15)28-21/h5-13,25-26,28H,2,4H2,1,3H3. The largest absolute Gasteiger partial charge is 0.384 e. The average Bonchev–Trinajstić information content (AvgIpc) is 3.42. The molecule has 2 aromatic heterocycles. The Hall–Kier alpha value is -4.20. The van der Waals surface area contributed by atoms with Crippen LogP contribution in [0.15, 0.2) is 53.7 Å². The fraction of sp³-hybridized carbons (Fsp3) is 0.130. The molecule has 0 fully saturated rings. The predicted molar refractivity (Wildman–Crippen MR) is 124 cm³/mol. The van der Waals surface area contributed by atoms with Crippen molar-refractivity contribution < 1.29 is 9.59 Å². The second kappa shape index (κ2) is 8.27. The number of anilines is 2. The van der Waals surface area contributed by atoms with E-state index in [-0.39, 0.29) is 5.78 Å².